The van der Waals surface area contributed by atoms with Crippen molar-refractivity contribution in [3.8, 4) is 0 Å². The van der Waals surface area contributed by atoms with Crippen LogP contribution in [0.4, 0.5) is 0 Å². The number of rotatable bonds is 10. The van der Waals surface area contributed by atoms with Gasteiger partial charge in [0.05, 0.1) is 0 Å². The average Bonchev–Trinajstić information content (AvgIpc) is 2.58. The van der Waals surface area contributed by atoms with Gasteiger partial charge in [-0.2, -0.15) is 0 Å². The van der Waals surface area contributed by atoms with Crippen molar-refractivity contribution in [3.05, 3.63) is 0 Å². The van der Waals surface area contributed by atoms with Crippen LogP contribution in [0.25, 0.3) is 0 Å². The lowest BCUT2D eigenvalue weighted by molar-refractivity contribution is 0.0763. The Labute approximate surface area is 151 Å². The van der Waals surface area contributed by atoms with E-state index in [2.05, 4.69) is 6.92 Å². The molecule has 4 N–H and O–H groups in total. The molecule has 2 aliphatic rings. The van der Waals surface area contributed by atoms with Gasteiger partial charge in [0.2, 0.25) is 0 Å². The molecular formula is C22H44N2. The van der Waals surface area contributed by atoms with Crippen LogP contribution >= 0.6 is 0 Å². The zero-order valence-electron chi connectivity index (χ0n) is 16.5. The monoisotopic (exact) mass is 336 g/mol. The minimum Gasteiger partial charge on any atom is -0.325 e. The summed E-state index contributed by atoms with van der Waals surface area (Å²) in [4.78, 5) is 0. The summed E-state index contributed by atoms with van der Waals surface area (Å²) >= 11 is 0. The molecule has 0 amide bonds. The quantitative estimate of drug-likeness (QED) is 0.476. The van der Waals surface area contributed by atoms with E-state index in [-0.39, 0.29) is 11.1 Å². The summed E-state index contributed by atoms with van der Waals surface area (Å²) in [6.07, 6.45) is 23.9. The van der Waals surface area contributed by atoms with E-state index >= 15 is 0 Å². The van der Waals surface area contributed by atoms with Gasteiger partial charge in [-0.05, 0) is 38.0 Å². The first-order valence-electron chi connectivity index (χ1n) is 11.2. The minimum atomic E-state index is 0.0343. The van der Waals surface area contributed by atoms with Crippen LogP contribution in [0, 0.1) is 5.92 Å². The van der Waals surface area contributed by atoms with Gasteiger partial charge in [0, 0.05) is 11.1 Å². The fourth-order valence-electron chi connectivity index (χ4n) is 5.57. The maximum absolute atomic E-state index is 7.02. The molecule has 0 heterocycles. The Morgan fingerprint density at radius 2 is 1.04 bits per heavy atom. The van der Waals surface area contributed by atoms with E-state index in [0.29, 0.717) is 5.92 Å². The van der Waals surface area contributed by atoms with Gasteiger partial charge >= 0.3 is 0 Å². The summed E-state index contributed by atoms with van der Waals surface area (Å²) in [6.45, 7) is 2.29. The smallest absolute Gasteiger partial charge is 0.0200 e. The zero-order chi connectivity index (χ0) is 17.3. The van der Waals surface area contributed by atoms with Crippen molar-refractivity contribution >= 4 is 0 Å². The topological polar surface area (TPSA) is 52.0 Å². The highest BCUT2D eigenvalue weighted by atomic mass is 14.9. The van der Waals surface area contributed by atoms with Gasteiger partial charge in [-0.15, -0.1) is 0 Å². The molecule has 2 saturated carbocycles. The summed E-state index contributed by atoms with van der Waals surface area (Å²) in [7, 11) is 0. The van der Waals surface area contributed by atoms with Crippen molar-refractivity contribution in [2.24, 2.45) is 17.4 Å². The van der Waals surface area contributed by atoms with E-state index in [0.717, 1.165) is 0 Å². The Kier molecular flexibility index (Phi) is 8.57. The van der Waals surface area contributed by atoms with Crippen LogP contribution in [0.1, 0.15) is 122 Å². The second-order valence-corrected chi connectivity index (χ2v) is 9.05. The van der Waals surface area contributed by atoms with Gasteiger partial charge < -0.3 is 11.5 Å². The van der Waals surface area contributed by atoms with E-state index in [1.807, 2.05) is 0 Å². The molecule has 0 radical (unpaired) electrons. The molecule has 0 aromatic carbocycles. The van der Waals surface area contributed by atoms with E-state index in [4.69, 9.17) is 11.5 Å². The molecule has 0 aromatic heterocycles. The first kappa shape index (κ1) is 20.2. The molecule has 0 aromatic rings. The fraction of sp³-hybridized carbons (Fsp3) is 1.00. The van der Waals surface area contributed by atoms with Crippen LogP contribution in [-0.4, -0.2) is 11.1 Å². The number of hydrogen-bond donors (Lipinski definition) is 2. The molecule has 2 nitrogen and oxygen atoms in total. The molecule has 0 bridgehead atoms. The normalized spacial score (nSPS) is 23.5. The van der Waals surface area contributed by atoms with Crippen LogP contribution < -0.4 is 11.5 Å². The standard InChI is InChI=1S/C22H44N2/c1-2-3-4-5-6-7-10-15-20(21(23)16-11-8-12-17-21)22(24)18-13-9-14-19-22/h20H,2-19,23-24H2,1H3. The molecule has 0 aliphatic heterocycles. The summed E-state index contributed by atoms with van der Waals surface area (Å²) < 4.78 is 0. The second kappa shape index (κ2) is 10.2. The predicted octanol–water partition coefficient (Wildman–Crippen LogP) is 6.07. The summed E-state index contributed by atoms with van der Waals surface area (Å²) in [5.74, 6) is 0.557. The predicted molar refractivity (Wildman–Crippen MR) is 106 cm³/mol. The molecule has 0 atom stereocenters. The van der Waals surface area contributed by atoms with E-state index in [9.17, 15) is 0 Å². The molecule has 142 valence electrons. The van der Waals surface area contributed by atoms with Crippen LogP contribution in [0.5, 0.6) is 0 Å². The molecule has 24 heavy (non-hydrogen) atoms. The van der Waals surface area contributed by atoms with Crippen molar-refractivity contribution in [1.29, 1.82) is 0 Å². The average molecular weight is 337 g/mol. The third kappa shape index (κ3) is 5.73. The Balaban J connectivity index is 1.88. The van der Waals surface area contributed by atoms with E-state index in [1.54, 1.807) is 0 Å². The van der Waals surface area contributed by atoms with Crippen LogP contribution in [0.3, 0.4) is 0 Å². The lowest BCUT2D eigenvalue weighted by Crippen LogP contribution is -2.62. The van der Waals surface area contributed by atoms with Crippen molar-refractivity contribution in [2.45, 2.75) is 134 Å². The van der Waals surface area contributed by atoms with Crippen molar-refractivity contribution in [1.82, 2.24) is 0 Å². The van der Waals surface area contributed by atoms with Crippen LogP contribution in [0.2, 0.25) is 0 Å². The highest BCUT2D eigenvalue weighted by Gasteiger charge is 2.46. The minimum absolute atomic E-state index is 0.0343. The Hall–Kier alpha value is -0.0800. The molecular weight excluding hydrogens is 292 g/mol. The number of hydrogen-bond acceptors (Lipinski definition) is 2. The maximum atomic E-state index is 7.02. The van der Waals surface area contributed by atoms with Gasteiger partial charge in [0.15, 0.2) is 0 Å². The van der Waals surface area contributed by atoms with E-state index in [1.165, 1.54) is 116 Å². The van der Waals surface area contributed by atoms with Gasteiger partial charge in [0.1, 0.15) is 0 Å². The van der Waals surface area contributed by atoms with Gasteiger partial charge in [-0.1, -0.05) is 90.4 Å². The number of nitrogens with two attached hydrogens (primary N) is 2. The molecule has 2 fully saturated rings. The molecule has 0 unspecified atom stereocenters. The Morgan fingerprint density at radius 1 is 0.625 bits per heavy atom. The third-order valence-corrected chi connectivity index (χ3v) is 7.05. The molecule has 2 heteroatoms. The van der Waals surface area contributed by atoms with E-state index < -0.39 is 0 Å². The van der Waals surface area contributed by atoms with Crippen LogP contribution in [-0.2, 0) is 0 Å². The number of unbranched alkanes of at least 4 members (excludes halogenated alkanes) is 6. The fourth-order valence-corrected chi connectivity index (χ4v) is 5.57. The first-order chi connectivity index (χ1) is 11.6. The summed E-state index contributed by atoms with van der Waals surface area (Å²) in [6, 6.07) is 0. The SMILES string of the molecule is CCCCCCCCCC(C1(N)CCCCC1)C1(N)CCCCC1. The highest BCUT2D eigenvalue weighted by Crippen LogP contribution is 2.45. The lowest BCUT2D eigenvalue weighted by Gasteiger charge is -2.51. The van der Waals surface area contributed by atoms with Gasteiger partial charge in [0.25, 0.3) is 0 Å². The van der Waals surface area contributed by atoms with Crippen molar-refractivity contribution < 1.29 is 0 Å². The highest BCUT2D eigenvalue weighted by molar-refractivity contribution is 5.06. The lowest BCUT2D eigenvalue weighted by atomic mass is 9.60. The molecule has 0 spiro atoms. The molecule has 2 rings (SSSR count). The Bertz CT molecular complexity index is 303. The van der Waals surface area contributed by atoms with Crippen molar-refractivity contribution in [3.63, 3.8) is 0 Å². The zero-order valence-corrected chi connectivity index (χ0v) is 16.5. The molecule has 2 aliphatic carbocycles. The summed E-state index contributed by atoms with van der Waals surface area (Å²) in [5, 5.41) is 0. The largest absolute Gasteiger partial charge is 0.325 e. The summed E-state index contributed by atoms with van der Waals surface area (Å²) in [5.41, 5.74) is 14.1. The first-order valence-corrected chi connectivity index (χ1v) is 11.2. The van der Waals surface area contributed by atoms with Gasteiger partial charge in [-0.3, -0.25) is 0 Å². The maximum Gasteiger partial charge on any atom is 0.0200 e. The van der Waals surface area contributed by atoms with Crippen molar-refractivity contribution in [2.75, 3.05) is 0 Å². The Morgan fingerprint density at radius 3 is 1.50 bits per heavy atom. The second-order valence-electron chi connectivity index (χ2n) is 9.05. The van der Waals surface area contributed by atoms with Gasteiger partial charge in [-0.25, -0.2) is 0 Å². The third-order valence-electron chi connectivity index (χ3n) is 7.05. The van der Waals surface area contributed by atoms with Crippen LogP contribution in [0.15, 0.2) is 0 Å². The molecule has 0 saturated heterocycles.